The summed E-state index contributed by atoms with van der Waals surface area (Å²) in [5.74, 6) is -0.353. The number of carbonyl (C=O) groups is 1. The molecule has 82 valence electrons. The largest absolute Gasteiger partial charge is 0.445 e. The van der Waals surface area contributed by atoms with Gasteiger partial charge in [0.15, 0.2) is 0 Å². The average Bonchev–Trinajstić information content (AvgIpc) is 2.00. The lowest BCUT2D eigenvalue weighted by Gasteiger charge is -2.19. The molecule has 3 nitrogen and oxygen atoms in total. The van der Waals surface area contributed by atoms with E-state index >= 15 is 0 Å². The molecular formula is C9H15BrFNO2. The zero-order valence-electron chi connectivity index (χ0n) is 8.56. The van der Waals surface area contributed by atoms with Crippen molar-refractivity contribution in [1.29, 1.82) is 0 Å². The van der Waals surface area contributed by atoms with Crippen molar-refractivity contribution in [3.05, 3.63) is 11.9 Å². The number of ether oxygens (including phenoxy) is 1. The van der Waals surface area contributed by atoms with Gasteiger partial charge in [-0.3, -0.25) is 0 Å². The van der Waals surface area contributed by atoms with Gasteiger partial charge in [-0.2, -0.15) is 0 Å². The van der Waals surface area contributed by atoms with E-state index in [-0.39, 0.29) is 23.3 Å². The van der Waals surface area contributed by atoms with Crippen LogP contribution in [-0.4, -0.2) is 23.6 Å². The maximum Gasteiger partial charge on any atom is 0.407 e. The van der Waals surface area contributed by atoms with E-state index < -0.39 is 6.09 Å². The number of alkyl carbamates (subject to hydrolysis) is 1. The molecule has 0 saturated heterocycles. The Kier molecular flexibility index (Phi) is 5.76. The van der Waals surface area contributed by atoms with Crippen LogP contribution in [0.25, 0.3) is 0 Å². The Morgan fingerprint density at radius 2 is 2.14 bits per heavy atom. The van der Waals surface area contributed by atoms with Crippen LogP contribution in [0, 0.1) is 0 Å². The van der Waals surface area contributed by atoms with Gasteiger partial charge in [0.25, 0.3) is 0 Å². The molecule has 0 saturated carbocycles. The molecule has 14 heavy (non-hydrogen) atoms. The number of hydrogen-bond acceptors (Lipinski definition) is 2. The second kappa shape index (κ2) is 6.01. The molecule has 1 N–H and O–H groups in total. The molecule has 0 aliphatic rings. The molecule has 0 aromatic heterocycles. The van der Waals surface area contributed by atoms with E-state index in [2.05, 4.69) is 21.2 Å². The Morgan fingerprint density at radius 1 is 1.57 bits per heavy atom. The fraction of sp³-hybridized carbons (Fsp3) is 0.667. The van der Waals surface area contributed by atoms with E-state index in [9.17, 15) is 9.18 Å². The van der Waals surface area contributed by atoms with Crippen molar-refractivity contribution in [2.75, 3.05) is 11.9 Å². The van der Waals surface area contributed by atoms with Gasteiger partial charge < -0.3 is 10.1 Å². The third-order valence-electron chi connectivity index (χ3n) is 1.12. The van der Waals surface area contributed by atoms with E-state index in [1.807, 2.05) is 20.8 Å². The van der Waals surface area contributed by atoms with Crippen molar-refractivity contribution >= 4 is 22.0 Å². The number of carbonyl (C=O) groups excluding carboxylic acids is 1. The predicted octanol–water partition coefficient (Wildman–Crippen LogP) is 2.76. The van der Waals surface area contributed by atoms with Crippen LogP contribution in [0.2, 0.25) is 0 Å². The molecule has 0 atom stereocenters. The summed E-state index contributed by atoms with van der Waals surface area (Å²) in [4.78, 5) is 11.0. The minimum Gasteiger partial charge on any atom is -0.445 e. The molecule has 0 aliphatic heterocycles. The van der Waals surface area contributed by atoms with Crippen LogP contribution in [0.1, 0.15) is 20.8 Å². The Labute approximate surface area is 91.8 Å². The molecule has 5 heteroatoms. The Morgan fingerprint density at radius 3 is 2.57 bits per heavy atom. The fourth-order valence-electron chi connectivity index (χ4n) is 0.605. The summed E-state index contributed by atoms with van der Waals surface area (Å²) >= 11 is 2.93. The standard InChI is InChI=1S/C9H15BrFNO2/c1-9(2,3)12-8(13)14-5-4-7(11)6-10/h4H,5-6H2,1-3H3,(H,12,13)/b7-4+. The molecule has 0 aliphatic carbocycles. The summed E-state index contributed by atoms with van der Waals surface area (Å²) in [6, 6.07) is 0. The van der Waals surface area contributed by atoms with E-state index in [1.165, 1.54) is 6.08 Å². The van der Waals surface area contributed by atoms with Crippen LogP contribution in [-0.2, 0) is 4.74 Å². The second-order valence-electron chi connectivity index (χ2n) is 3.76. The zero-order chi connectivity index (χ0) is 11.2. The number of nitrogens with one attached hydrogen (secondary N) is 1. The summed E-state index contributed by atoms with van der Waals surface area (Å²) in [6.07, 6.45) is 0.660. The predicted molar refractivity (Wildman–Crippen MR) is 57.2 cm³/mol. The average molecular weight is 268 g/mol. The van der Waals surface area contributed by atoms with Crippen molar-refractivity contribution in [3.8, 4) is 0 Å². The molecule has 0 rings (SSSR count). The number of alkyl halides is 1. The normalized spacial score (nSPS) is 12.5. The van der Waals surface area contributed by atoms with Crippen LogP contribution < -0.4 is 5.32 Å². The maximum absolute atomic E-state index is 12.5. The van der Waals surface area contributed by atoms with Crippen molar-refractivity contribution in [2.24, 2.45) is 0 Å². The maximum atomic E-state index is 12.5. The molecule has 0 unspecified atom stereocenters. The lowest BCUT2D eigenvalue weighted by Crippen LogP contribution is -2.40. The van der Waals surface area contributed by atoms with E-state index in [4.69, 9.17) is 4.74 Å². The summed E-state index contributed by atoms with van der Waals surface area (Å²) in [7, 11) is 0. The molecule has 0 heterocycles. The highest BCUT2D eigenvalue weighted by Gasteiger charge is 2.13. The summed E-state index contributed by atoms with van der Waals surface area (Å²) in [5.41, 5.74) is -0.339. The van der Waals surface area contributed by atoms with Gasteiger partial charge in [0.05, 0.1) is 5.33 Å². The van der Waals surface area contributed by atoms with Crippen molar-refractivity contribution in [3.63, 3.8) is 0 Å². The lowest BCUT2D eigenvalue weighted by molar-refractivity contribution is 0.148. The summed E-state index contributed by atoms with van der Waals surface area (Å²) in [6.45, 7) is 5.45. The van der Waals surface area contributed by atoms with Gasteiger partial charge in [0.1, 0.15) is 12.4 Å². The molecule has 1 amide bonds. The topological polar surface area (TPSA) is 38.3 Å². The van der Waals surface area contributed by atoms with Crippen molar-refractivity contribution in [1.82, 2.24) is 5.32 Å². The number of allylic oxidation sites excluding steroid dienone is 1. The first kappa shape index (κ1) is 13.4. The van der Waals surface area contributed by atoms with Gasteiger partial charge in [-0.15, -0.1) is 0 Å². The third kappa shape index (κ3) is 8.04. The fourth-order valence-corrected chi connectivity index (χ4v) is 0.834. The van der Waals surface area contributed by atoms with E-state index in [0.717, 1.165) is 0 Å². The molecule has 0 radical (unpaired) electrons. The van der Waals surface area contributed by atoms with Gasteiger partial charge in [-0.25, -0.2) is 9.18 Å². The van der Waals surface area contributed by atoms with Gasteiger partial charge in [0, 0.05) is 5.54 Å². The van der Waals surface area contributed by atoms with Gasteiger partial charge >= 0.3 is 6.09 Å². The second-order valence-corrected chi connectivity index (χ2v) is 4.32. The number of rotatable bonds is 3. The molecule has 0 spiro atoms. The number of hydrogen-bond donors (Lipinski definition) is 1. The van der Waals surface area contributed by atoms with Crippen LogP contribution in [0.3, 0.4) is 0 Å². The smallest absolute Gasteiger partial charge is 0.407 e. The monoisotopic (exact) mass is 267 g/mol. The van der Waals surface area contributed by atoms with Crippen LogP contribution in [0.5, 0.6) is 0 Å². The van der Waals surface area contributed by atoms with Crippen LogP contribution in [0.15, 0.2) is 11.9 Å². The first-order valence-corrected chi connectivity index (χ1v) is 5.33. The molecule has 0 fully saturated rings. The Balaban J connectivity index is 3.76. The van der Waals surface area contributed by atoms with Crippen LogP contribution in [0.4, 0.5) is 9.18 Å². The molecule has 0 aromatic rings. The highest BCUT2D eigenvalue weighted by molar-refractivity contribution is 9.09. The lowest BCUT2D eigenvalue weighted by atomic mass is 10.1. The summed E-state index contributed by atoms with van der Waals surface area (Å²) in [5, 5.41) is 2.72. The molecule has 0 bridgehead atoms. The SMILES string of the molecule is CC(C)(C)NC(=O)OC/C=C(/F)CBr. The van der Waals surface area contributed by atoms with Crippen molar-refractivity contribution < 1.29 is 13.9 Å². The van der Waals surface area contributed by atoms with Gasteiger partial charge in [-0.1, -0.05) is 15.9 Å². The molecule has 0 aromatic carbocycles. The third-order valence-corrected chi connectivity index (χ3v) is 1.66. The number of amides is 1. The van der Waals surface area contributed by atoms with Gasteiger partial charge in [0.2, 0.25) is 0 Å². The van der Waals surface area contributed by atoms with E-state index in [0.29, 0.717) is 0 Å². The highest BCUT2D eigenvalue weighted by atomic mass is 79.9. The zero-order valence-corrected chi connectivity index (χ0v) is 10.1. The quantitative estimate of drug-likeness (QED) is 0.799. The Hall–Kier alpha value is -0.580. The van der Waals surface area contributed by atoms with E-state index in [1.54, 1.807) is 0 Å². The number of halogens is 2. The first-order chi connectivity index (χ1) is 6.35. The minimum atomic E-state index is -0.545. The first-order valence-electron chi connectivity index (χ1n) is 4.20. The molecular weight excluding hydrogens is 253 g/mol. The minimum absolute atomic E-state index is 0.0562. The summed E-state index contributed by atoms with van der Waals surface area (Å²) < 4.78 is 17.2. The van der Waals surface area contributed by atoms with Crippen molar-refractivity contribution in [2.45, 2.75) is 26.3 Å². The van der Waals surface area contributed by atoms with Crippen LogP contribution >= 0.6 is 15.9 Å². The van der Waals surface area contributed by atoms with Gasteiger partial charge in [-0.05, 0) is 26.8 Å². The highest BCUT2D eigenvalue weighted by Crippen LogP contribution is 2.01. The Bertz CT molecular complexity index is 223.